The van der Waals surface area contributed by atoms with Crippen LogP contribution in [0.25, 0.3) is 0 Å². The van der Waals surface area contributed by atoms with Gasteiger partial charge in [-0.25, -0.2) is 4.99 Å². The molecule has 0 bridgehead atoms. The van der Waals surface area contributed by atoms with Crippen LogP contribution < -0.4 is 10.6 Å². The molecule has 6 heteroatoms. The van der Waals surface area contributed by atoms with Crippen LogP contribution in [0.15, 0.2) is 41.7 Å². The number of aryl methyl sites for hydroxylation is 1. The summed E-state index contributed by atoms with van der Waals surface area (Å²) in [6.07, 6.45) is 8.00. The Morgan fingerprint density at radius 2 is 1.82 bits per heavy atom. The molecule has 1 fully saturated rings. The summed E-state index contributed by atoms with van der Waals surface area (Å²) in [5, 5.41) is 11.0. The van der Waals surface area contributed by atoms with Crippen LogP contribution in [0.5, 0.6) is 0 Å². The van der Waals surface area contributed by atoms with Gasteiger partial charge in [-0.15, -0.1) is 0 Å². The maximum atomic E-state index is 4.72. The SMILES string of the molecule is CCNC(=NCc1ccc(CN2CCCCC2)cc1)NCCn1cc(C)cn1. The number of nitrogens with zero attached hydrogens (tertiary/aromatic N) is 4. The molecular formula is C22H34N6. The van der Waals surface area contributed by atoms with Crippen LogP contribution in [0.1, 0.15) is 42.9 Å². The van der Waals surface area contributed by atoms with Crippen LogP contribution in [0.2, 0.25) is 0 Å². The van der Waals surface area contributed by atoms with E-state index in [1.165, 1.54) is 49.0 Å². The van der Waals surface area contributed by atoms with E-state index in [1.54, 1.807) is 0 Å². The number of guanidine groups is 1. The first-order valence-electron chi connectivity index (χ1n) is 10.5. The Morgan fingerprint density at radius 3 is 2.50 bits per heavy atom. The second kappa shape index (κ2) is 10.9. The average Bonchev–Trinajstić information content (AvgIpc) is 3.13. The minimum Gasteiger partial charge on any atom is -0.357 e. The lowest BCUT2D eigenvalue weighted by Gasteiger charge is -2.26. The number of nitrogens with one attached hydrogen (secondary N) is 2. The third-order valence-corrected chi connectivity index (χ3v) is 5.04. The molecule has 2 N–H and O–H groups in total. The summed E-state index contributed by atoms with van der Waals surface area (Å²) in [4.78, 5) is 7.28. The van der Waals surface area contributed by atoms with Gasteiger partial charge in [0, 0.05) is 25.8 Å². The fourth-order valence-electron chi connectivity index (χ4n) is 3.52. The lowest BCUT2D eigenvalue weighted by molar-refractivity contribution is 0.221. The molecule has 0 saturated carbocycles. The third kappa shape index (κ3) is 6.68. The second-order valence-electron chi connectivity index (χ2n) is 7.56. The Balaban J connectivity index is 1.47. The number of aromatic nitrogens is 2. The minimum absolute atomic E-state index is 0.681. The maximum absolute atomic E-state index is 4.72. The molecule has 0 aliphatic carbocycles. The predicted octanol–water partition coefficient (Wildman–Crippen LogP) is 2.93. The fourth-order valence-corrected chi connectivity index (χ4v) is 3.52. The van der Waals surface area contributed by atoms with Gasteiger partial charge < -0.3 is 10.6 Å². The van der Waals surface area contributed by atoms with Gasteiger partial charge in [0.15, 0.2) is 5.96 Å². The summed E-state index contributed by atoms with van der Waals surface area (Å²) < 4.78 is 1.95. The van der Waals surface area contributed by atoms with Crippen molar-refractivity contribution < 1.29 is 0 Å². The lowest BCUT2D eigenvalue weighted by Crippen LogP contribution is -2.38. The first kappa shape index (κ1) is 20.4. The van der Waals surface area contributed by atoms with E-state index in [0.29, 0.717) is 6.54 Å². The van der Waals surface area contributed by atoms with E-state index in [1.807, 2.05) is 10.9 Å². The van der Waals surface area contributed by atoms with E-state index in [9.17, 15) is 0 Å². The number of rotatable bonds is 8. The molecule has 1 aromatic heterocycles. The number of hydrogen-bond acceptors (Lipinski definition) is 3. The normalized spacial score (nSPS) is 15.6. The molecule has 0 radical (unpaired) electrons. The highest BCUT2D eigenvalue weighted by Gasteiger charge is 2.10. The van der Waals surface area contributed by atoms with E-state index >= 15 is 0 Å². The highest BCUT2D eigenvalue weighted by atomic mass is 15.3. The van der Waals surface area contributed by atoms with Gasteiger partial charge in [-0.05, 0) is 56.5 Å². The molecule has 6 nitrogen and oxygen atoms in total. The first-order chi connectivity index (χ1) is 13.7. The summed E-state index contributed by atoms with van der Waals surface area (Å²) in [5.41, 5.74) is 3.82. The number of hydrogen-bond donors (Lipinski definition) is 2. The van der Waals surface area contributed by atoms with Gasteiger partial charge in [0.2, 0.25) is 0 Å². The Bertz CT molecular complexity index is 728. The quantitative estimate of drug-likeness (QED) is 0.544. The van der Waals surface area contributed by atoms with E-state index in [2.05, 4.69) is 64.9 Å². The number of benzene rings is 1. The van der Waals surface area contributed by atoms with E-state index in [4.69, 9.17) is 4.99 Å². The number of aliphatic imine (C=N–C) groups is 1. The van der Waals surface area contributed by atoms with Crippen molar-refractivity contribution in [2.45, 2.75) is 52.7 Å². The molecule has 0 unspecified atom stereocenters. The molecule has 0 spiro atoms. The monoisotopic (exact) mass is 382 g/mol. The highest BCUT2D eigenvalue weighted by molar-refractivity contribution is 5.79. The summed E-state index contributed by atoms with van der Waals surface area (Å²) in [5.74, 6) is 0.851. The first-order valence-corrected chi connectivity index (χ1v) is 10.5. The van der Waals surface area contributed by atoms with Crippen LogP contribution in [0, 0.1) is 6.92 Å². The molecule has 2 heterocycles. The molecular weight excluding hydrogens is 348 g/mol. The van der Waals surface area contributed by atoms with Crippen molar-refractivity contribution in [3.8, 4) is 0 Å². The van der Waals surface area contributed by atoms with Gasteiger partial charge in [0.25, 0.3) is 0 Å². The van der Waals surface area contributed by atoms with Gasteiger partial charge in [-0.2, -0.15) is 5.10 Å². The van der Waals surface area contributed by atoms with Crippen molar-refractivity contribution in [1.82, 2.24) is 25.3 Å². The zero-order chi connectivity index (χ0) is 19.6. The van der Waals surface area contributed by atoms with Crippen molar-refractivity contribution in [2.75, 3.05) is 26.2 Å². The molecule has 0 amide bonds. The van der Waals surface area contributed by atoms with Gasteiger partial charge in [0.1, 0.15) is 0 Å². The van der Waals surface area contributed by atoms with Crippen LogP contribution >= 0.6 is 0 Å². The zero-order valence-electron chi connectivity index (χ0n) is 17.3. The highest BCUT2D eigenvalue weighted by Crippen LogP contribution is 2.14. The van der Waals surface area contributed by atoms with Crippen LogP contribution in [0.3, 0.4) is 0 Å². The molecule has 28 heavy (non-hydrogen) atoms. The standard InChI is InChI=1S/C22H34N6/c1-3-23-22(24-11-14-28-17-19(2)15-26-28)25-16-20-7-9-21(10-8-20)18-27-12-5-4-6-13-27/h7-10,15,17H,3-6,11-14,16,18H2,1-2H3,(H2,23,24,25). The molecule has 1 aliphatic heterocycles. The van der Waals surface area contributed by atoms with Gasteiger partial charge in [-0.1, -0.05) is 30.7 Å². The minimum atomic E-state index is 0.681. The molecule has 1 aliphatic rings. The summed E-state index contributed by atoms with van der Waals surface area (Å²) >= 11 is 0. The maximum Gasteiger partial charge on any atom is 0.191 e. The lowest BCUT2D eigenvalue weighted by atomic mass is 10.1. The number of piperidine rings is 1. The van der Waals surface area contributed by atoms with E-state index < -0.39 is 0 Å². The Hall–Kier alpha value is -2.34. The third-order valence-electron chi connectivity index (χ3n) is 5.04. The molecule has 2 aromatic rings. The topological polar surface area (TPSA) is 57.5 Å². The molecule has 3 rings (SSSR count). The van der Waals surface area contributed by atoms with Gasteiger partial charge in [0.05, 0.1) is 19.3 Å². The van der Waals surface area contributed by atoms with Gasteiger partial charge in [-0.3, -0.25) is 9.58 Å². The van der Waals surface area contributed by atoms with E-state index in [-0.39, 0.29) is 0 Å². The molecule has 0 atom stereocenters. The van der Waals surface area contributed by atoms with Crippen LogP contribution in [-0.2, 0) is 19.6 Å². The Labute approximate surface area is 169 Å². The largest absolute Gasteiger partial charge is 0.357 e. The smallest absolute Gasteiger partial charge is 0.191 e. The summed E-state index contributed by atoms with van der Waals surface area (Å²) in [6, 6.07) is 8.91. The second-order valence-corrected chi connectivity index (χ2v) is 7.56. The number of likely N-dealkylation sites (tertiary alicyclic amines) is 1. The Kier molecular flexibility index (Phi) is 7.91. The molecule has 1 saturated heterocycles. The van der Waals surface area contributed by atoms with Crippen molar-refractivity contribution in [3.63, 3.8) is 0 Å². The van der Waals surface area contributed by atoms with Crippen molar-refractivity contribution in [3.05, 3.63) is 53.3 Å². The van der Waals surface area contributed by atoms with Crippen molar-refractivity contribution in [1.29, 1.82) is 0 Å². The Morgan fingerprint density at radius 1 is 1.07 bits per heavy atom. The summed E-state index contributed by atoms with van der Waals surface area (Å²) in [6.45, 7) is 10.8. The van der Waals surface area contributed by atoms with E-state index in [0.717, 1.165) is 32.1 Å². The predicted molar refractivity (Wildman–Crippen MR) is 115 cm³/mol. The molecule has 1 aromatic carbocycles. The van der Waals surface area contributed by atoms with Crippen LogP contribution in [0.4, 0.5) is 0 Å². The van der Waals surface area contributed by atoms with Crippen LogP contribution in [-0.4, -0.2) is 46.8 Å². The van der Waals surface area contributed by atoms with Crippen molar-refractivity contribution >= 4 is 5.96 Å². The fraction of sp³-hybridized carbons (Fsp3) is 0.545. The molecule has 152 valence electrons. The van der Waals surface area contributed by atoms with Gasteiger partial charge >= 0.3 is 0 Å². The zero-order valence-corrected chi connectivity index (χ0v) is 17.3. The summed E-state index contributed by atoms with van der Waals surface area (Å²) in [7, 11) is 0. The van der Waals surface area contributed by atoms with Crippen molar-refractivity contribution in [2.24, 2.45) is 4.99 Å². The average molecular weight is 383 g/mol.